The molecule has 0 amide bonds. The fourth-order valence-corrected chi connectivity index (χ4v) is 4.44. The fraction of sp³-hybridized carbons (Fsp3) is 0.526. The molecule has 1 fully saturated rings. The van der Waals surface area contributed by atoms with Crippen molar-refractivity contribution in [2.45, 2.75) is 57.5 Å². The number of rotatable bonds is 3. The number of nitrogens with two attached hydrogens (primary N) is 1. The molecule has 2 aliphatic rings. The number of fused-ring (bicyclic) bond motifs is 5. The third kappa shape index (κ3) is 2.06. The standard InChI is InChI=1S/C19H24N6O/c1-9(2)25-12-7-6-11(21-3)13-16(24-26-17(13)10-4-5-10)14(12)15-18(20)22-8-23-19(15)25/h8-11,21H,4-7H2,1-3H3,(H2,20,22,23). The predicted octanol–water partition coefficient (Wildman–Crippen LogP) is 3.33. The molecule has 7 heteroatoms. The Balaban J connectivity index is 1.88. The van der Waals surface area contributed by atoms with Crippen LogP contribution < -0.4 is 11.1 Å². The first-order valence-electron chi connectivity index (χ1n) is 9.42. The largest absolute Gasteiger partial charge is 0.383 e. The Morgan fingerprint density at radius 2 is 2.08 bits per heavy atom. The lowest BCUT2D eigenvalue weighted by atomic mass is 9.98. The van der Waals surface area contributed by atoms with E-state index in [9.17, 15) is 0 Å². The number of nitrogen functional groups attached to an aromatic ring is 1. The maximum Gasteiger partial charge on any atom is 0.146 e. The van der Waals surface area contributed by atoms with Crippen LogP contribution in [0.25, 0.3) is 22.3 Å². The van der Waals surface area contributed by atoms with E-state index in [1.165, 1.54) is 24.1 Å². The molecule has 1 atom stereocenters. The van der Waals surface area contributed by atoms with Crippen LogP contribution >= 0.6 is 0 Å². The predicted molar refractivity (Wildman–Crippen MR) is 99.9 cm³/mol. The Labute approximate surface area is 152 Å². The van der Waals surface area contributed by atoms with Crippen LogP contribution in [-0.4, -0.2) is 26.7 Å². The Kier molecular flexibility index (Phi) is 3.37. The summed E-state index contributed by atoms with van der Waals surface area (Å²) >= 11 is 0. The molecule has 7 nitrogen and oxygen atoms in total. The number of hydrogen-bond acceptors (Lipinski definition) is 6. The van der Waals surface area contributed by atoms with Gasteiger partial charge in [-0.2, -0.15) is 0 Å². The third-order valence-corrected chi connectivity index (χ3v) is 5.74. The summed E-state index contributed by atoms with van der Waals surface area (Å²) in [6.45, 7) is 4.36. The first-order valence-corrected chi connectivity index (χ1v) is 9.42. The van der Waals surface area contributed by atoms with Crippen molar-refractivity contribution >= 4 is 16.9 Å². The maximum absolute atomic E-state index is 6.31. The first-order chi connectivity index (χ1) is 12.6. The summed E-state index contributed by atoms with van der Waals surface area (Å²) in [5, 5.41) is 8.92. The van der Waals surface area contributed by atoms with Crippen LogP contribution in [0, 0.1) is 0 Å². The van der Waals surface area contributed by atoms with Crippen LogP contribution in [0.2, 0.25) is 0 Å². The van der Waals surface area contributed by atoms with E-state index in [4.69, 9.17) is 10.3 Å². The van der Waals surface area contributed by atoms with E-state index >= 15 is 0 Å². The van der Waals surface area contributed by atoms with Crippen LogP contribution in [0.4, 0.5) is 5.82 Å². The van der Waals surface area contributed by atoms with Gasteiger partial charge in [0.15, 0.2) is 0 Å². The first kappa shape index (κ1) is 15.8. The Bertz CT molecular complexity index is 997. The van der Waals surface area contributed by atoms with Gasteiger partial charge >= 0.3 is 0 Å². The van der Waals surface area contributed by atoms with E-state index in [0.29, 0.717) is 11.7 Å². The molecular weight excluding hydrogens is 328 g/mol. The molecule has 0 saturated heterocycles. The van der Waals surface area contributed by atoms with Crippen molar-refractivity contribution in [1.29, 1.82) is 0 Å². The van der Waals surface area contributed by atoms with Crippen LogP contribution in [0.1, 0.15) is 68.1 Å². The second kappa shape index (κ2) is 5.54. The molecule has 26 heavy (non-hydrogen) atoms. The normalized spacial score (nSPS) is 19.6. The molecular formula is C19H24N6O. The van der Waals surface area contributed by atoms with Gasteiger partial charge in [0.25, 0.3) is 0 Å². The van der Waals surface area contributed by atoms with Crippen molar-refractivity contribution in [2.24, 2.45) is 0 Å². The topological polar surface area (TPSA) is 94.8 Å². The average molecular weight is 352 g/mol. The highest BCUT2D eigenvalue weighted by molar-refractivity contribution is 6.02. The summed E-state index contributed by atoms with van der Waals surface area (Å²) in [6, 6.07) is 0.515. The summed E-state index contributed by atoms with van der Waals surface area (Å²) in [4.78, 5) is 8.83. The van der Waals surface area contributed by atoms with Crippen LogP contribution in [0.15, 0.2) is 10.9 Å². The van der Waals surface area contributed by atoms with Crippen molar-refractivity contribution in [3.05, 3.63) is 23.3 Å². The Hall–Kier alpha value is -2.41. The third-order valence-electron chi connectivity index (χ3n) is 5.74. The van der Waals surface area contributed by atoms with Gasteiger partial charge in [-0.25, -0.2) is 9.97 Å². The van der Waals surface area contributed by atoms with Gasteiger partial charge in [-0.3, -0.25) is 0 Å². The molecule has 0 bridgehead atoms. The highest BCUT2D eigenvalue weighted by Gasteiger charge is 2.39. The minimum absolute atomic E-state index is 0.237. The van der Waals surface area contributed by atoms with Gasteiger partial charge in [0.1, 0.15) is 29.2 Å². The lowest BCUT2D eigenvalue weighted by Crippen LogP contribution is -2.18. The van der Waals surface area contributed by atoms with Gasteiger partial charge in [-0.1, -0.05) is 5.16 Å². The number of hydrogen-bond donors (Lipinski definition) is 2. The number of nitrogens with one attached hydrogen (secondary N) is 1. The van der Waals surface area contributed by atoms with Crippen molar-refractivity contribution in [3.8, 4) is 11.3 Å². The molecule has 136 valence electrons. The molecule has 0 spiro atoms. The molecule has 0 aliphatic heterocycles. The average Bonchev–Trinajstić information content (AvgIpc) is 3.31. The quantitative estimate of drug-likeness (QED) is 0.751. The number of anilines is 1. The SMILES string of the molecule is CNC1CCc2c(c3c(N)ncnc3n2C(C)C)-c2noc(C3CC3)c21. The zero-order valence-corrected chi connectivity index (χ0v) is 15.4. The summed E-state index contributed by atoms with van der Waals surface area (Å²) in [6.07, 6.45) is 5.85. The van der Waals surface area contributed by atoms with Gasteiger partial charge in [0, 0.05) is 34.8 Å². The molecule has 3 heterocycles. The second-order valence-electron chi connectivity index (χ2n) is 7.71. The summed E-state index contributed by atoms with van der Waals surface area (Å²) in [5.41, 5.74) is 11.6. The Morgan fingerprint density at radius 3 is 2.77 bits per heavy atom. The van der Waals surface area contributed by atoms with Gasteiger partial charge in [0.05, 0.1) is 5.39 Å². The monoisotopic (exact) mass is 352 g/mol. The van der Waals surface area contributed by atoms with E-state index in [-0.39, 0.29) is 12.1 Å². The van der Waals surface area contributed by atoms with Gasteiger partial charge < -0.3 is 20.1 Å². The van der Waals surface area contributed by atoms with E-state index in [0.717, 1.165) is 40.9 Å². The number of aromatic nitrogens is 4. The molecule has 0 radical (unpaired) electrons. The smallest absolute Gasteiger partial charge is 0.146 e. The number of nitrogens with zero attached hydrogens (tertiary/aromatic N) is 4. The van der Waals surface area contributed by atoms with Crippen LogP contribution in [0.5, 0.6) is 0 Å². The van der Waals surface area contributed by atoms with Crippen molar-refractivity contribution < 1.29 is 4.52 Å². The van der Waals surface area contributed by atoms with Gasteiger partial charge in [-0.15, -0.1) is 0 Å². The molecule has 3 aromatic heterocycles. The minimum Gasteiger partial charge on any atom is -0.383 e. The van der Waals surface area contributed by atoms with Crippen LogP contribution in [0.3, 0.4) is 0 Å². The zero-order valence-electron chi connectivity index (χ0n) is 15.4. The summed E-state index contributed by atoms with van der Waals surface area (Å²) in [5.74, 6) is 2.07. The zero-order chi connectivity index (χ0) is 18.0. The van der Waals surface area contributed by atoms with Crippen molar-refractivity contribution in [3.63, 3.8) is 0 Å². The molecule has 1 unspecified atom stereocenters. The minimum atomic E-state index is 0.237. The second-order valence-corrected chi connectivity index (χ2v) is 7.71. The molecule has 2 aliphatic carbocycles. The van der Waals surface area contributed by atoms with E-state index in [2.05, 4.69) is 38.9 Å². The van der Waals surface area contributed by atoms with E-state index in [1.54, 1.807) is 6.33 Å². The van der Waals surface area contributed by atoms with Gasteiger partial charge in [-0.05, 0) is 46.6 Å². The molecule has 1 saturated carbocycles. The summed E-state index contributed by atoms with van der Waals surface area (Å²) < 4.78 is 8.15. The van der Waals surface area contributed by atoms with E-state index in [1.807, 2.05) is 7.05 Å². The molecule has 3 aromatic rings. The van der Waals surface area contributed by atoms with Gasteiger partial charge in [0.2, 0.25) is 0 Å². The highest BCUT2D eigenvalue weighted by Crippen LogP contribution is 2.50. The maximum atomic E-state index is 6.31. The van der Waals surface area contributed by atoms with Crippen LogP contribution in [-0.2, 0) is 6.42 Å². The molecule has 3 N–H and O–H groups in total. The van der Waals surface area contributed by atoms with Crippen molar-refractivity contribution in [2.75, 3.05) is 12.8 Å². The fourth-order valence-electron chi connectivity index (χ4n) is 4.44. The summed E-state index contributed by atoms with van der Waals surface area (Å²) in [7, 11) is 2.01. The Morgan fingerprint density at radius 1 is 1.27 bits per heavy atom. The lowest BCUT2D eigenvalue weighted by molar-refractivity contribution is 0.380. The van der Waals surface area contributed by atoms with E-state index < -0.39 is 0 Å². The molecule has 0 aromatic carbocycles. The lowest BCUT2D eigenvalue weighted by Gasteiger charge is -2.16. The van der Waals surface area contributed by atoms with Crippen molar-refractivity contribution in [1.82, 2.24) is 25.0 Å². The highest BCUT2D eigenvalue weighted by atomic mass is 16.5. The molecule has 5 rings (SSSR count).